The summed E-state index contributed by atoms with van der Waals surface area (Å²) < 4.78 is 27.9. The van der Waals surface area contributed by atoms with Gasteiger partial charge in [0.1, 0.15) is 6.67 Å². The highest BCUT2D eigenvalue weighted by Gasteiger charge is 2.28. The van der Waals surface area contributed by atoms with E-state index in [1.54, 1.807) is 7.11 Å². The van der Waals surface area contributed by atoms with E-state index in [4.69, 9.17) is 14.2 Å². The summed E-state index contributed by atoms with van der Waals surface area (Å²) in [7, 11) is 25.7. The summed E-state index contributed by atoms with van der Waals surface area (Å²) in [5.41, 5.74) is 1.42. The highest BCUT2D eigenvalue weighted by atomic mass is 19.1. The van der Waals surface area contributed by atoms with Crippen LogP contribution in [-0.2, 0) is 20.8 Å². The molecule has 7 fully saturated rings. The molecule has 0 amide bonds. The van der Waals surface area contributed by atoms with Gasteiger partial charge >= 0.3 is 0 Å². The standard InChI is InChI=1S/C12H18N2.C10H22N2O.C9H19FN2.C9H20N2O.C9H18N2.C8H18N2O/c1-13-7-9-14(10-8-13)11-12-5-3-2-4-6-12;1-3-9-13-10-8-12-6-4-11(2)5-7-12;1-8-6-11(3)7-9(2)12(8)5-4-10;1-3-12-9-8-11-6-4-10(2)5-7-11;1-10-4-6-11(7-5-10)8-9-2-3-9;1-9-3-5-10(6-4-9)7-8-11-2/h2-6,13H,1,7-11H2;11H,2-10H2,1H3;8-9,11H,3-7H2,1-2H3;10H,2-9H2,1H3;9-10H,1-8H2;9H,1,3-8H2,2H3/t;;8-,9+;;;. The maximum Gasteiger partial charge on any atom is 0.102 e. The van der Waals surface area contributed by atoms with Gasteiger partial charge in [0.2, 0.25) is 0 Å². The first-order valence-corrected chi connectivity index (χ1v) is 28.9. The molecular formula is C57H115FN12O3. The SMILES string of the molecule is [CH2-][NH+]1CCN(CC2CC2)CC1.[CH2-][NH+]1CCN(CCOC)CC1.[CH2-][NH+]1CCN(CCOCC)CC1.[CH2-][NH+]1CCN(CCOCCC)CC1.[CH2-][NH+]1CCN(Cc2ccccc2)CC1.[CH2-][NH+]1C[C@@H](C)N(CCF)[C@@H](C)C1. The monoisotopic (exact) mass is 1030 g/mol. The van der Waals surface area contributed by atoms with Gasteiger partial charge in [-0.2, -0.15) is 42.3 Å². The van der Waals surface area contributed by atoms with Gasteiger partial charge in [-0.05, 0) is 51.5 Å². The van der Waals surface area contributed by atoms with E-state index < -0.39 is 0 Å². The van der Waals surface area contributed by atoms with Crippen LogP contribution in [0.25, 0.3) is 0 Å². The van der Waals surface area contributed by atoms with Crippen molar-refractivity contribution in [1.82, 2.24) is 29.4 Å². The Morgan fingerprint density at radius 1 is 0.507 bits per heavy atom. The average Bonchev–Trinajstić information content (AvgIpc) is 4.22. The van der Waals surface area contributed by atoms with Crippen molar-refractivity contribution < 1.29 is 48.0 Å². The molecule has 428 valence electrons. The first-order valence-electron chi connectivity index (χ1n) is 28.9. The Bertz CT molecular complexity index is 1370. The van der Waals surface area contributed by atoms with Crippen LogP contribution < -0.4 is 29.4 Å². The summed E-state index contributed by atoms with van der Waals surface area (Å²) >= 11 is 0. The van der Waals surface area contributed by atoms with Gasteiger partial charge in [-0.3, -0.25) is 29.4 Å². The van der Waals surface area contributed by atoms with E-state index in [9.17, 15) is 4.39 Å². The zero-order valence-corrected chi connectivity index (χ0v) is 47.8. The molecule has 0 spiro atoms. The van der Waals surface area contributed by atoms with E-state index in [1.807, 2.05) is 6.92 Å². The lowest BCUT2D eigenvalue weighted by Crippen LogP contribution is -3.11. The zero-order chi connectivity index (χ0) is 53.1. The largest absolute Gasteiger partial charge is 0.466 e. The molecular weight excluding hydrogens is 920 g/mol. The minimum atomic E-state index is -0.235. The lowest BCUT2D eigenvalue weighted by atomic mass is 10.1. The number of alkyl halides is 1. The predicted molar refractivity (Wildman–Crippen MR) is 298 cm³/mol. The smallest absolute Gasteiger partial charge is 0.102 e. The number of ether oxygens (including phenoxy) is 3. The molecule has 0 radical (unpaired) electrons. The Morgan fingerprint density at radius 3 is 1.29 bits per heavy atom. The normalized spacial score (nSPS) is 25.1. The summed E-state index contributed by atoms with van der Waals surface area (Å²) in [5, 5.41) is 0. The minimum absolute atomic E-state index is 0.235. The third-order valence-corrected chi connectivity index (χ3v) is 15.2. The van der Waals surface area contributed by atoms with Gasteiger partial charge < -0.3 is 43.6 Å². The molecule has 1 aromatic rings. The van der Waals surface area contributed by atoms with Crippen LogP contribution in [0.15, 0.2) is 30.3 Å². The number of quaternary nitrogens is 6. The maximum absolute atomic E-state index is 12.2. The third kappa shape index (κ3) is 32.1. The van der Waals surface area contributed by atoms with Crippen molar-refractivity contribution in [3.63, 3.8) is 0 Å². The molecule has 6 N–H and O–H groups in total. The molecule has 6 saturated heterocycles. The number of halogens is 1. The molecule has 6 aliphatic heterocycles. The second-order valence-corrected chi connectivity index (χ2v) is 21.9. The lowest BCUT2D eigenvalue weighted by Gasteiger charge is -2.43. The number of hydrogen-bond donors (Lipinski definition) is 6. The minimum Gasteiger partial charge on any atom is -0.466 e. The number of rotatable bonds is 18. The van der Waals surface area contributed by atoms with Gasteiger partial charge in [-0.1, -0.05) is 37.3 Å². The summed E-state index contributed by atoms with van der Waals surface area (Å²) in [5.74, 6) is 1.06. The molecule has 1 unspecified atom stereocenters. The first kappa shape index (κ1) is 65.8. The van der Waals surface area contributed by atoms with Crippen molar-refractivity contribution >= 4 is 0 Å². The van der Waals surface area contributed by atoms with Crippen LogP contribution in [-0.4, -0.2) is 265 Å². The fourth-order valence-electron chi connectivity index (χ4n) is 9.99. The Labute approximate surface area is 449 Å². The number of hydrogen-bond acceptors (Lipinski definition) is 9. The molecule has 1 aromatic carbocycles. The van der Waals surface area contributed by atoms with E-state index in [2.05, 4.69) is 123 Å². The predicted octanol–water partition coefficient (Wildman–Crippen LogP) is -3.66. The fourth-order valence-corrected chi connectivity index (χ4v) is 9.99. The molecule has 6 heterocycles. The van der Waals surface area contributed by atoms with Crippen LogP contribution in [0.5, 0.6) is 0 Å². The maximum atomic E-state index is 12.2. The Kier molecular flexibility index (Phi) is 36.7. The van der Waals surface area contributed by atoms with Crippen LogP contribution >= 0.6 is 0 Å². The summed E-state index contributed by atoms with van der Waals surface area (Å²) in [6.45, 7) is 44.8. The summed E-state index contributed by atoms with van der Waals surface area (Å²) in [6.07, 6.45) is 4.09. The van der Waals surface area contributed by atoms with Crippen molar-refractivity contribution in [2.45, 2.75) is 65.6 Å². The molecule has 7 aliphatic rings. The number of benzene rings is 1. The van der Waals surface area contributed by atoms with E-state index in [0.29, 0.717) is 18.6 Å². The number of piperazine rings is 6. The van der Waals surface area contributed by atoms with Gasteiger partial charge in [0, 0.05) is 125 Å². The van der Waals surface area contributed by atoms with Crippen LogP contribution in [0.1, 0.15) is 52.5 Å². The topological polar surface area (TPSA) is 73.8 Å². The third-order valence-electron chi connectivity index (χ3n) is 15.2. The molecule has 0 bridgehead atoms. The molecule has 16 heteroatoms. The highest BCUT2D eigenvalue weighted by molar-refractivity contribution is 5.14. The Hall–Kier alpha value is -1.45. The van der Waals surface area contributed by atoms with Gasteiger partial charge in [0.05, 0.1) is 110 Å². The Morgan fingerprint density at radius 2 is 0.904 bits per heavy atom. The Balaban J connectivity index is 0.000000232. The van der Waals surface area contributed by atoms with E-state index in [0.717, 1.165) is 84.6 Å². The first-order chi connectivity index (χ1) is 35.3. The van der Waals surface area contributed by atoms with Gasteiger partial charge in [-0.25, -0.2) is 4.39 Å². The second kappa shape index (κ2) is 40.7. The summed E-state index contributed by atoms with van der Waals surface area (Å²) in [6, 6.07) is 11.6. The fraction of sp³-hybridized carbons (Fsp3) is 0.789. The molecule has 0 aromatic heterocycles. The van der Waals surface area contributed by atoms with Crippen molar-refractivity contribution in [3.8, 4) is 0 Å². The van der Waals surface area contributed by atoms with E-state index >= 15 is 0 Å². The van der Waals surface area contributed by atoms with Crippen LogP contribution in [0, 0.1) is 48.2 Å². The zero-order valence-electron chi connectivity index (χ0n) is 47.8. The molecule has 8 rings (SSSR count). The second-order valence-electron chi connectivity index (χ2n) is 21.9. The van der Waals surface area contributed by atoms with Gasteiger partial charge in [0.25, 0.3) is 0 Å². The van der Waals surface area contributed by atoms with Crippen LogP contribution in [0.3, 0.4) is 0 Å². The molecule has 1 aliphatic carbocycles. The van der Waals surface area contributed by atoms with Crippen molar-refractivity contribution in [2.24, 2.45) is 5.92 Å². The van der Waals surface area contributed by atoms with Gasteiger partial charge in [0.15, 0.2) is 0 Å². The van der Waals surface area contributed by atoms with Crippen molar-refractivity contribution in [2.75, 3.05) is 224 Å². The van der Waals surface area contributed by atoms with E-state index in [-0.39, 0.29) is 6.67 Å². The molecule has 73 heavy (non-hydrogen) atoms. The quantitative estimate of drug-likeness (QED) is 0.0661. The van der Waals surface area contributed by atoms with Crippen LogP contribution in [0.4, 0.5) is 4.39 Å². The highest BCUT2D eigenvalue weighted by Crippen LogP contribution is 2.29. The van der Waals surface area contributed by atoms with Gasteiger partial charge in [-0.15, -0.1) is 0 Å². The molecule has 3 atom stereocenters. The van der Waals surface area contributed by atoms with Crippen molar-refractivity contribution in [1.29, 1.82) is 0 Å². The summed E-state index contributed by atoms with van der Waals surface area (Å²) in [4.78, 5) is 23.1. The van der Waals surface area contributed by atoms with Crippen molar-refractivity contribution in [3.05, 3.63) is 78.2 Å². The number of methoxy groups -OCH3 is 1. The lowest BCUT2D eigenvalue weighted by molar-refractivity contribution is -0.865. The average molecular weight is 1040 g/mol. The molecule has 15 nitrogen and oxygen atoms in total. The number of nitrogens with one attached hydrogen (secondary N) is 6. The van der Waals surface area contributed by atoms with Crippen LogP contribution in [0.2, 0.25) is 0 Å². The number of nitrogens with zero attached hydrogens (tertiary/aromatic N) is 6. The molecule has 1 saturated carbocycles. The van der Waals surface area contributed by atoms with E-state index in [1.165, 1.54) is 185 Å².